The molecule has 0 atom stereocenters. The fraction of sp³-hybridized carbons (Fsp3) is 0.333. The lowest BCUT2D eigenvalue weighted by atomic mass is 10.2. The molecular formula is C21H28IN5O. The maximum Gasteiger partial charge on any atom is 0.191 e. The molecule has 0 saturated heterocycles. The van der Waals surface area contributed by atoms with Crippen LogP contribution in [0.5, 0.6) is 5.75 Å². The molecular weight excluding hydrogens is 465 g/mol. The molecule has 2 aromatic heterocycles. The van der Waals surface area contributed by atoms with Crippen LogP contribution in [-0.2, 0) is 13.0 Å². The van der Waals surface area contributed by atoms with Gasteiger partial charge in [0.15, 0.2) is 5.96 Å². The topological polar surface area (TPSA) is 63.0 Å². The lowest BCUT2D eigenvalue weighted by Gasteiger charge is -2.11. The number of halogens is 1. The first-order valence-electron chi connectivity index (χ1n) is 9.28. The predicted molar refractivity (Wildman–Crippen MR) is 125 cm³/mol. The number of guanidine groups is 1. The Labute approximate surface area is 183 Å². The van der Waals surface area contributed by atoms with Gasteiger partial charge in [-0.15, -0.1) is 24.0 Å². The molecule has 0 bridgehead atoms. The molecule has 0 radical (unpaired) electrons. The smallest absolute Gasteiger partial charge is 0.191 e. The third kappa shape index (κ3) is 5.85. The number of pyridine rings is 1. The lowest BCUT2D eigenvalue weighted by Crippen LogP contribution is -2.38. The van der Waals surface area contributed by atoms with Gasteiger partial charge >= 0.3 is 0 Å². The van der Waals surface area contributed by atoms with Crippen LogP contribution >= 0.6 is 24.0 Å². The summed E-state index contributed by atoms with van der Waals surface area (Å²) in [7, 11) is 1.68. The highest BCUT2D eigenvalue weighted by molar-refractivity contribution is 14.0. The summed E-state index contributed by atoms with van der Waals surface area (Å²) in [4.78, 5) is 9.38. The molecule has 0 aliphatic rings. The minimum Gasteiger partial charge on any atom is -0.497 e. The zero-order chi connectivity index (χ0) is 19.1. The van der Waals surface area contributed by atoms with Gasteiger partial charge in [-0.25, -0.2) is 9.98 Å². The minimum atomic E-state index is 0. The first kappa shape index (κ1) is 22.0. The summed E-state index contributed by atoms with van der Waals surface area (Å²) >= 11 is 0. The van der Waals surface area contributed by atoms with E-state index in [4.69, 9.17) is 9.72 Å². The second kappa shape index (κ2) is 10.9. The van der Waals surface area contributed by atoms with Gasteiger partial charge in [0.1, 0.15) is 11.4 Å². The monoisotopic (exact) mass is 493 g/mol. The van der Waals surface area contributed by atoms with Gasteiger partial charge in [-0.1, -0.05) is 18.2 Å². The van der Waals surface area contributed by atoms with E-state index in [0.29, 0.717) is 6.54 Å². The Hall–Kier alpha value is -2.29. The van der Waals surface area contributed by atoms with Crippen LogP contribution in [0.1, 0.15) is 23.7 Å². The Kier molecular flexibility index (Phi) is 8.56. The number of aromatic nitrogens is 2. The Morgan fingerprint density at radius 1 is 1.21 bits per heavy atom. The number of nitrogens with zero attached hydrogens (tertiary/aromatic N) is 3. The summed E-state index contributed by atoms with van der Waals surface area (Å²) in [5.41, 5.74) is 4.39. The Balaban J connectivity index is 0.00000280. The van der Waals surface area contributed by atoms with Crippen LogP contribution in [0.15, 0.2) is 53.8 Å². The van der Waals surface area contributed by atoms with E-state index in [1.807, 2.05) is 30.5 Å². The van der Waals surface area contributed by atoms with Crippen molar-refractivity contribution in [3.05, 3.63) is 65.6 Å². The summed E-state index contributed by atoms with van der Waals surface area (Å²) in [6.45, 7) is 6.33. The molecule has 2 heterocycles. The van der Waals surface area contributed by atoms with Crippen molar-refractivity contribution in [2.45, 2.75) is 26.8 Å². The summed E-state index contributed by atoms with van der Waals surface area (Å²) in [6.07, 6.45) is 4.96. The van der Waals surface area contributed by atoms with E-state index in [2.05, 4.69) is 52.2 Å². The van der Waals surface area contributed by atoms with E-state index in [1.54, 1.807) is 7.11 Å². The van der Waals surface area contributed by atoms with Gasteiger partial charge in [-0.2, -0.15) is 0 Å². The first-order chi connectivity index (χ1) is 13.2. The Morgan fingerprint density at radius 3 is 2.82 bits per heavy atom. The maximum atomic E-state index is 5.27. The SMILES string of the molecule is CCNC(=NCc1cccc(OC)c1)NCCc1cn2cccc(C)c2n1.I. The van der Waals surface area contributed by atoms with Gasteiger partial charge in [0.2, 0.25) is 0 Å². The first-order valence-corrected chi connectivity index (χ1v) is 9.28. The molecule has 1 aromatic carbocycles. The van der Waals surface area contributed by atoms with Crippen molar-refractivity contribution in [3.8, 4) is 5.75 Å². The van der Waals surface area contributed by atoms with E-state index in [-0.39, 0.29) is 24.0 Å². The summed E-state index contributed by atoms with van der Waals surface area (Å²) in [5.74, 6) is 1.66. The van der Waals surface area contributed by atoms with E-state index in [9.17, 15) is 0 Å². The number of methoxy groups -OCH3 is 1. The van der Waals surface area contributed by atoms with Crippen molar-refractivity contribution in [2.75, 3.05) is 20.2 Å². The van der Waals surface area contributed by atoms with Crippen LogP contribution in [0.25, 0.3) is 5.65 Å². The quantitative estimate of drug-likeness (QED) is 0.300. The zero-order valence-electron chi connectivity index (χ0n) is 16.6. The van der Waals surface area contributed by atoms with Crippen molar-refractivity contribution >= 4 is 35.6 Å². The molecule has 6 nitrogen and oxygen atoms in total. The average Bonchev–Trinajstić information content (AvgIpc) is 3.10. The predicted octanol–water partition coefficient (Wildman–Crippen LogP) is 3.57. The molecule has 28 heavy (non-hydrogen) atoms. The van der Waals surface area contributed by atoms with Gasteiger partial charge in [0.25, 0.3) is 0 Å². The number of hydrogen-bond donors (Lipinski definition) is 2. The summed E-state index contributed by atoms with van der Waals surface area (Å²) < 4.78 is 7.34. The van der Waals surface area contributed by atoms with Crippen molar-refractivity contribution < 1.29 is 4.74 Å². The normalized spacial score (nSPS) is 11.2. The number of hydrogen-bond acceptors (Lipinski definition) is 3. The molecule has 0 aliphatic carbocycles. The molecule has 0 unspecified atom stereocenters. The van der Waals surface area contributed by atoms with Gasteiger partial charge in [0.05, 0.1) is 19.3 Å². The van der Waals surface area contributed by atoms with Crippen LogP contribution < -0.4 is 15.4 Å². The minimum absolute atomic E-state index is 0. The number of aryl methyl sites for hydroxylation is 1. The number of nitrogens with one attached hydrogen (secondary N) is 2. The van der Waals surface area contributed by atoms with Gasteiger partial charge < -0.3 is 19.8 Å². The van der Waals surface area contributed by atoms with Crippen LogP contribution in [0.4, 0.5) is 0 Å². The fourth-order valence-electron chi connectivity index (χ4n) is 2.92. The molecule has 3 aromatic rings. The average molecular weight is 493 g/mol. The van der Waals surface area contributed by atoms with Crippen LogP contribution in [0.3, 0.4) is 0 Å². The molecule has 0 aliphatic heterocycles. The van der Waals surface area contributed by atoms with E-state index >= 15 is 0 Å². The van der Waals surface area contributed by atoms with Gasteiger partial charge in [-0.3, -0.25) is 0 Å². The molecule has 0 saturated carbocycles. The van der Waals surface area contributed by atoms with Gasteiger partial charge in [0, 0.05) is 31.9 Å². The molecule has 0 fully saturated rings. The van der Waals surface area contributed by atoms with Gasteiger partial charge in [-0.05, 0) is 43.2 Å². The maximum absolute atomic E-state index is 5.27. The van der Waals surface area contributed by atoms with Crippen LogP contribution in [0, 0.1) is 6.92 Å². The summed E-state index contributed by atoms with van der Waals surface area (Å²) in [6, 6.07) is 12.1. The number of imidazole rings is 1. The molecule has 0 amide bonds. The Morgan fingerprint density at radius 2 is 2.07 bits per heavy atom. The number of rotatable bonds is 7. The zero-order valence-corrected chi connectivity index (χ0v) is 18.9. The van der Waals surface area contributed by atoms with Crippen molar-refractivity contribution in [1.29, 1.82) is 0 Å². The van der Waals surface area contributed by atoms with Crippen molar-refractivity contribution in [1.82, 2.24) is 20.0 Å². The molecule has 7 heteroatoms. The highest BCUT2D eigenvalue weighted by atomic mass is 127. The third-order valence-electron chi connectivity index (χ3n) is 4.30. The highest BCUT2D eigenvalue weighted by Crippen LogP contribution is 2.13. The number of ether oxygens (including phenoxy) is 1. The number of fused-ring (bicyclic) bond motifs is 1. The molecule has 150 valence electrons. The number of benzene rings is 1. The molecule has 0 spiro atoms. The van der Waals surface area contributed by atoms with E-state index in [1.165, 1.54) is 5.56 Å². The van der Waals surface area contributed by atoms with Crippen LogP contribution in [-0.4, -0.2) is 35.5 Å². The standard InChI is InChI=1S/C21H27N5O.HI/c1-4-22-21(24-14-17-8-5-9-19(13-17)27-3)23-11-10-18-15-26-12-6-7-16(2)20(26)25-18;/h5-9,12-13,15H,4,10-11,14H2,1-3H3,(H2,22,23,24);1H. The van der Waals surface area contributed by atoms with E-state index in [0.717, 1.165) is 48.1 Å². The van der Waals surface area contributed by atoms with Crippen molar-refractivity contribution in [2.24, 2.45) is 4.99 Å². The third-order valence-corrected chi connectivity index (χ3v) is 4.30. The second-order valence-corrected chi connectivity index (χ2v) is 6.38. The lowest BCUT2D eigenvalue weighted by molar-refractivity contribution is 0.414. The van der Waals surface area contributed by atoms with Crippen LogP contribution in [0.2, 0.25) is 0 Å². The highest BCUT2D eigenvalue weighted by Gasteiger charge is 2.04. The number of aliphatic imine (C=N–C) groups is 1. The largest absolute Gasteiger partial charge is 0.497 e. The van der Waals surface area contributed by atoms with E-state index < -0.39 is 0 Å². The summed E-state index contributed by atoms with van der Waals surface area (Å²) in [5, 5.41) is 6.67. The fourth-order valence-corrected chi connectivity index (χ4v) is 2.92. The molecule has 3 rings (SSSR count). The second-order valence-electron chi connectivity index (χ2n) is 6.38. The van der Waals surface area contributed by atoms with Crippen molar-refractivity contribution in [3.63, 3.8) is 0 Å². The molecule has 2 N–H and O–H groups in total. The Bertz CT molecular complexity index is 922.